The highest BCUT2D eigenvalue weighted by Gasteiger charge is 2.09. The van der Waals surface area contributed by atoms with Gasteiger partial charge < -0.3 is 10.4 Å². The number of nitrogens with one attached hydrogen (secondary N) is 2. The van der Waals surface area contributed by atoms with E-state index in [-0.39, 0.29) is 12.4 Å². The van der Waals surface area contributed by atoms with Gasteiger partial charge in [-0.2, -0.15) is 0 Å². The van der Waals surface area contributed by atoms with Crippen molar-refractivity contribution in [3.63, 3.8) is 0 Å². The summed E-state index contributed by atoms with van der Waals surface area (Å²) in [5.41, 5.74) is 0.951. The van der Waals surface area contributed by atoms with Crippen LogP contribution < -0.4 is 10.6 Å². The van der Waals surface area contributed by atoms with Crippen LogP contribution in [0.5, 0.6) is 0 Å². The van der Waals surface area contributed by atoms with Gasteiger partial charge in [0.15, 0.2) is 0 Å². The minimum absolute atomic E-state index is 0.167. The summed E-state index contributed by atoms with van der Waals surface area (Å²) in [6.45, 7) is 0. The Morgan fingerprint density at radius 3 is 2.45 bits per heavy atom. The van der Waals surface area contributed by atoms with E-state index in [2.05, 4.69) is 20.6 Å². The first-order chi connectivity index (χ1) is 9.65. The molecule has 0 aliphatic heterocycles. The maximum Gasteiger partial charge on any atom is 0.326 e. The number of carbonyl (C=O) groups excluding carboxylic acids is 1. The first kappa shape index (κ1) is 13.5. The molecule has 0 bridgehead atoms. The molecule has 20 heavy (non-hydrogen) atoms. The maximum atomic E-state index is 11.8. The van der Waals surface area contributed by atoms with Crippen molar-refractivity contribution in [3.05, 3.63) is 48.3 Å². The monoisotopic (exact) mass is 272 g/mol. The second kappa shape index (κ2) is 6.28. The van der Waals surface area contributed by atoms with Gasteiger partial charge in [0.05, 0.1) is 6.42 Å². The lowest BCUT2D eigenvalue weighted by atomic mass is 10.1. The summed E-state index contributed by atoms with van der Waals surface area (Å²) in [6, 6.07) is 7.79. The molecule has 1 aromatic heterocycles. The smallest absolute Gasteiger partial charge is 0.326 e. The molecule has 0 aliphatic carbocycles. The summed E-state index contributed by atoms with van der Waals surface area (Å²) >= 11 is 0. The van der Waals surface area contributed by atoms with Crippen molar-refractivity contribution in [1.82, 2.24) is 9.97 Å². The number of para-hydroxylation sites is 1. The van der Waals surface area contributed by atoms with E-state index in [9.17, 15) is 9.59 Å². The molecule has 0 aliphatic rings. The topological polar surface area (TPSA) is 104 Å². The fraction of sp³-hybridized carbons (Fsp3) is 0.0769. The highest BCUT2D eigenvalue weighted by Crippen LogP contribution is 2.15. The molecule has 0 fully saturated rings. The summed E-state index contributed by atoms with van der Waals surface area (Å²) < 4.78 is 0. The molecule has 1 heterocycles. The van der Waals surface area contributed by atoms with Gasteiger partial charge in [-0.3, -0.25) is 10.1 Å². The van der Waals surface area contributed by atoms with Crippen molar-refractivity contribution in [2.75, 3.05) is 10.6 Å². The zero-order valence-corrected chi connectivity index (χ0v) is 10.4. The lowest BCUT2D eigenvalue weighted by Gasteiger charge is -2.09. The Balaban J connectivity index is 2.06. The van der Waals surface area contributed by atoms with Crippen LogP contribution in [0.1, 0.15) is 5.56 Å². The van der Waals surface area contributed by atoms with E-state index in [4.69, 9.17) is 5.11 Å². The number of amides is 2. The Kier molecular flexibility index (Phi) is 4.23. The third-order valence-corrected chi connectivity index (χ3v) is 2.40. The number of urea groups is 1. The Labute approximate surface area is 114 Å². The molecule has 3 N–H and O–H groups in total. The minimum Gasteiger partial charge on any atom is -0.481 e. The largest absolute Gasteiger partial charge is 0.481 e. The van der Waals surface area contributed by atoms with Gasteiger partial charge in [-0.25, -0.2) is 14.8 Å². The number of nitrogens with zero attached hydrogens (tertiary/aromatic N) is 2. The highest BCUT2D eigenvalue weighted by atomic mass is 16.4. The van der Waals surface area contributed by atoms with Crippen LogP contribution in [0.4, 0.5) is 16.4 Å². The summed E-state index contributed by atoms with van der Waals surface area (Å²) in [7, 11) is 0. The van der Waals surface area contributed by atoms with Crippen LogP contribution in [0, 0.1) is 0 Å². The van der Waals surface area contributed by atoms with Gasteiger partial charge in [-0.05, 0) is 17.7 Å². The van der Waals surface area contributed by atoms with E-state index in [1.807, 2.05) is 0 Å². The quantitative estimate of drug-likeness (QED) is 0.786. The molecule has 1 aromatic carbocycles. The van der Waals surface area contributed by atoms with Crippen LogP contribution in [0.25, 0.3) is 0 Å². The predicted octanol–water partition coefficient (Wildman–Crippen LogP) is 1.75. The van der Waals surface area contributed by atoms with Gasteiger partial charge >= 0.3 is 12.0 Å². The third-order valence-electron chi connectivity index (χ3n) is 2.40. The van der Waals surface area contributed by atoms with E-state index >= 15 is 0 Å². The number of carboxylic acid groups (broad SMARTS) is 1. The van der Waals surface area contributed by atoms with Gasteiger partial charge in [0.1, 0.15) is 0 Å². The summed E-state index contributed by atoms with van der Waals surface area (Å²) in [5, 5.41) is 13.8. The summed E-state index contributed by atoms with van der Waals surface area (Å²) in [6.07, 6.45) is 2.83. The number of aromatic nitrogens is 2. The number of benzene rings is 1. The van der Waals surface area contributed by atoms with Gasteiger partial charge in [-0.1, -0.05) is 18.2 Å². The van der Waals surface area contributed by atoms with Crippen LogP contribution in [0.15, 0.2) is 42.7 Å². The Morgan fingerprint density at radius 2 is 1.75 bits per heavy atom. The second-order valence-electron chi connectivity index (χ2n) is 3.88. The zero-order chi connectivity index (χ0) is 14.4. The van der Waals surface area contributed by atoms with Gasteiger partial charge in [0, 0.05) is 18.1 Å². The summed E-state index contributed by atoms with van der Waals surface area (Å²) in [4.78, 5) is 30.2. The fourth-order valence-electron chi connectivity index (χ4n) is 1.58. The van der Waals surface area contributed by atoms with Crippen LogP contribution >= 0.6 is 0 Å². The normalized spacial score (nSPS) is 9.80. The van der Waals surface area contributed by atoms with Crippen molar-refractivity contribution in [2.24, 2.45) is 0 Å². The molecule has 2 amide bonds. The maximum absolute atomic E-state index is 11.8. The van der Waals surface area contributed by atoms with Crippen LogP contribution in [0.3, 0.4) is 0 Å². The third kappa shape index (κ3) is 3.77. The molecular formula is C13H12N4O3. The first-order valence-electron chi connectivity index (χ1n) is 5.80. The molecule has 0 unspecified atom stereocenters. The molecule has 7 nitrogen and oxygen atoms in total. The standard InChI is InChI=1S/C13H12N4O3/c18-11(19)8-9-4-1-2-5-10(9)16-13(20)17-12-14-6-3-7-15-12/h1-7H,8H2,(H,18,19)(H2,14,15,16,17,20). The minimum atomic E-state index is -0.967. The molecule has 2 rings (SSSR count). The van der Waals surface area contributed by atoms with Crippen molar-refractivity contribution < 1.29 is 14.7 Å². The SMILES string of the molecule is O=C(O)Cc1ccccc1NC(=O)Nc1ncccn1. The molecule has 7 heteroatoms. The molecule has 0 radical (unpaired) electrons. The fourth-order valence-corrected chi connectivity index (χ4v) is 1.58. The predicted molar refractivity (Wildman–Crippen MR) is 72.5 cm³/mol. The lowest BCUT2D eigenvalue weighted by molar-refractivity contribution is -0.136. The van der Waals surface area contributed by atoms with Crippen LogP contribution in [0.2, 0.25) is 0 Å². The number of anilines is 2. The van der Waals surface area contributed by atoms with E-state index in [0.717, 1.165) is 0 Å². The lowest BCUT2D eigenvalue weighted by Crippen LogP contribution is -2.21. The van der Waals surface area contributed by atoms with Crippen molar-refractivity contribution in [3.8, 4) is 0 Å². The summed E-state index contributed by atoms with van der Waals surface area (Å²) in [5.74, 6) is -0.799. The average Bonchev–Trinajstić information content (AvgIpc) is 2.41. The highest BCUT2D eigenvalue weighted by molar-refractivity contribution is 5.99. The molecular weight excluding hydrogens is 260 g/mol. The Morgan fingerprint density at radius 1 is 1.05 bits per heavy atom. The van der Waals surface area contributed by atoms with Gasteiger partial charge in [0.2, 0.25) is 5.95 Å². The van der Waals surface area contributed by atoms with E-state index in [1.165, 1.54) is 12.4 Å². The number of carbonyl (C=O) groups is 2. The Bertz CT molecular complexity index is 616. The van der Waals surface area contributed by atoms with Crippen LogP contribution in [-0.4, -0.2) is 27.1 Å². The number of rotatable bonds is 4. The molecule has 2 aromatic rings. The van der Waals surface area contributed by atoms with E-state index < -0.39 is 12.0 Å². The molecule has 0 spiro atoms. The molecule has 0 saturated heterocycles. The van der Waals surface area contributed by atoms with Crippen LogP contribution in [-0.2, 0) is 11.2 Å². The molecule has 0 saturated carbocycles. The van der Waals surface area contributed by atoms with Gasteiger partial charge in [-0.15, -0.1) is 0 Å². The number of hydrogen-bond acceptors (Lipinski definition) is 4. The average molecular weight is 272 g/mol. The number of aliphatic carboxylic acids is 1. The number of hydrogen-bond donors (Lipinski definition) is 3. The van der Waals surface area contributed by atoms with Crippen molar-refractivity contribution in [1.29, 1.82) is 0 Å². The molecule has 102 valence electrons. The second-order valence-corrected chi connectivity index (χ2v) is 3.88. The van der Waals surface area contributed by atoms with E-state index in [0.29, 0.717) is 11.3 Å². The number of carboxylic acids is 1. The van der Waals surface area contributed by atoms with Gasteiger partial charge in [0.25, 0.3) is 0 Å². The van der Waals surface area contributed by atoms with Crippen molar-refractivity contribution in [2.45, 2.75) is 6.42 Å². The van der Waals surface area contributed by atoms with Crippen molar-refractivity contribution >= 4 is 23.6 Å². The van der Waals surface area contributed by atoms with E-state index in [1.54, 1.807) is 30.3 Å². The zero-order valence-electron chi connectivity index (χ0n) is 10.4. The molecule has 0 atom stereocenters. The first-order valence-corrected chi connectivity index (χ1v) is 5.80. The Hall–Kier alpha value is -2.96.